The van der Waals surface area contributed by atoms with Crippen LogP contribution in [-0.2, 0) is 6.42 Å². The van der Waals surface area contributed by atoms with E-state index < -0.39 is 0 Å². The standard InChI is InChI=1S/C17H27N3.HI/c1-17(2)11-13-20(14-17)16(18-3)19-12-7-10-15-8-5-4-6-9-15;/h4-6,8-9H,7,10-14H2,1-3H3,(H,18,19);1H. The highest BCUT2D eigenvalue weighted by atomic mass is 127. The molecule has 1 aliphatic heterocycles. The number of hydrogen-bond acceptors (Lipinski definition) is 1. The SMILES string of the molecule is CN=C(NCCCc1ccccc1)N1CCC(C)(C)C1.I. The van der Waals surface area contributed by atoms with Crippen molar-refractivity contribution in [1.82, 2.24) is 10.2 Å². The Labute approximate surface area is 146 Å². The van der Waals surface area contributed by atoms with Crippen LogP contribution < -0.4 is 5.32 Å². The zero-order chi connectivity index (χ0) is 14.4. The smallest absolute Gasteiger partial charge is 0.193 e. The Hall–Kier alpha value is -0.780. The van der Waals surface area contributed by atoms with Gasteiger partial charge in [-0.15, -0.1) is 24.0 Å². The van der Waals surface area contributed by atoms with Crippen molar-refractivity contribution in [3.8, 4) is 0 Å². The Morgan fingerprint density at radius 1 is 1.29 bits per heavy atom. The summed E-state index contributed by atoms with van der Waals surface area (Å²) in [5, 5.41) is 3.50. The summed E-state index contributed by atoms with van der Waals surface area (Å²) in [5.74, 6) is 1.06. The number of aliphatic imine (C=N–C) groups is 1. The van der Waals surface area contributed by atoms with Gasteiger partial charge in [0.1, 0.15) is 0 Å². The predicted octanol–water partition coefficient (Wildman–Crippen LogP) is 3.54. The summed E-state index contributed by atoms with van der Waals surface area (Å²) < 4.78 is 0. The zero-order valence-corrected chi connectivity index (χ0v) is 15.8. The molecule has 0 amide bonds. The number of benzene rings is 1. The molecule has 1 aromatic carbocycles. The van der Waals surface area contributed by atoms with Gasteiger partial charge >= 0.3 is 0 Å². The molecule has 1 aromatic rings. The van der Waals surface area contributed by atoms with Crippen LogP contribution in [0.5, 0.6) is 0 Å². The first kappa shape index (κ1) is 18.3. The van der Waals surface area contributed by atoms with Crippen LogP contribution in [0, 0.1) is 5.41 Å². The molecule has 118 valence electrons. The van der Waals surface area contributed by atoms with Gasteiger partial charge in [-0.2, -0.15) is 0 Å². The van der Waals surface area contributed by atoms with Gasteiger partial charge in [0, 0.05) is 26.7 Å². The Balaban J connectivity index is 0.00000220. The highest BCUT2D eigenvalue weighted by Crippen LogP contribution is 2.28. The van der Waals surface area contributed by atoms with Crippen molar-refractivity contribution in [2.45, 2.75) is 33.1 Å². The molecule has 0 radical (unpaired) electrons. The minimum Gasteiger partial charge on any atom is -0.356 e. The zero-order valence-electron chi connectivity index (χ0n) is 13.4. The highest BCUT2D eigenvalue weighted by molar-refractivity contribution is 14.0. The monoisotopic (exact) mass is 401 g/mol. The van der Waals surface area contributed by atoms with Crippen LogP contribution in [-0.4, -0.2) is 37.5 Å². The number of hydrogen-bond donors (Lipinski definition) is 1. The van der Waals surface area contributed by atoms with Crippen LogP contribution in [0.4, 0.5) is 0 Å². The molecular weight excluding hydrogens is 373 g/mol. The lowest BCUT2D eigenvalue weighted by molar-refractivity contribution is 0.370. The first-order chi connectivity index (χ1) is 9.61. The van der Waals surface area contributed by atoms with E-state index in [2.05, 4.69) is 59.4 Å². The fourth-order valence-corrected chi connectivity index (χ4v) is 2.76. The number of nitrogens with zero attached hydrogens (tertiary/aromatic N) is 2. The van der Waals surface area contributed by atoms with Gasteiger partial charge in [0.15, 0.2) is 5.96 Å². The predicted molar refractivity (Wildman–Crippen MR) is 102 cm³/mol. The van der Waals surface area contributed by atoms with Crippen molar-refractivity contribution >= 4 is 29.9 Å². The molecule has 3 nitrogen and oxygen atoms in total. The quantitative estimate of drug-likeness (QED) is 0.362. The molecule has 1 fully saturated rings. The molecule has 1 saturated heterocycles. The van der Waals surface area contributed by atoms with Gasteiger partial charge in [-0.05, 0) is 30.2 Å². The van der Waals surface area contributed by atoms with Crippen LogP contribution in [0.2, 0.25) is 0 Å². The topological polar surface area (TPSA) is 27.6 Å². The summed E-state index contributed by atoms with van der Waals surface area (Å²) in [6.45, 7) is 7.86. The van der Waals surface area contributed by atoms with Gasteiger partial charge in [0.25, 0.3) is 0 Å². The molecule has 0 spiro atoms. The van der Waals surface area contributed by atoms with Crippen molar-refractivity contribution in [3.05, 3.63) is 35.9 Å². The molecule has 0 unspecified atom stereocenters. The third-order valence-electron chi connectivity index (χ3n) is 3.96. The molecule has 1 aliphatic rings. The molecule has 1 N–H and O–H groups in total. The van der Waals surface area contributed by atoms with E-state index >= 15 is 0 Å². The minimum absolute atomic E-state index is 0. The molecule has 0 aromatic heterocycles. The Bertz CT molecular complexity index is 443. The van der Waals surface area contributed by atoms with Crippen LogP contribution in [0.1, 0.15) is 32.3 Å². The molecule has 0 saturated carbocycles. The number of halogens is 1. The number of likely N-dealkylation sites (tertiary alicyclic amines) is 1. The lowest BCUT2D eigenvalue weighted by Crippen LogP contribution is -2.41. The Morgan fingerprint density at radius 2 is 2.00 bits per heavy atom. The fourth-order valence-electron chi connectivity index (χ4n) is 2.76. The molecule has 21 heavy (non-hydrogen) atoms. The van der Waals surface area contributed by atoms with Gasteiger partial charge in [-0.1, -0.05) is 44.2 Å². The third kappa shape index (κ3) is 5.85. The summed E-state index contributed by atoms with van der Waals surface area (Å²) in [5.41, 5.74) is 1.83. The van der Waals surface area contributed by atoms with Crippen molar-refractivity contribution in [2.75, 3.05) is 26.7 Å². The normalized spacial score (nSPS) is 17.5. The van der Waals surface area contributed by atoms with E-state index in [1.165, 1.54) is 12.0 Å². The second-order valence-electron chi connectivity index (χ2n) is 6.40. The first-order valence-electron chi connectivity index (χ1n) is 7.60. The summed E-state index contributed by atoms with van der Waals surface area (Å²) in [4.78, 5) is 6.79. The maximum atomic E-state index is 4.41. The average molecular weight is 401 g/mol. The molecular formula is C17H28IN3. The molecule has 0 aliphatic carbocycles. The molecule has 2 rings (SSSR count). The highest BCUT2D eigenvalue weighted by Gasteiger charge is 2.30. The fraction of sp³-hybridized carbons (Fsp3) is 0.588. The lowest BCUT2D eigenvalue weighted by Gasteiger charge is -2.23. The van der Waals surface area contributed by atoms with Gasteiger partial charge < -0.3 is 10.2 Å². The maximum absolute atomic E-state index is 4.41. The van der Waals surface area contributed by atoms with Crippen molar-refractivity contribution in [3.63, 3.8) is 0 Å². The van der Waals surface area contributed by atoms with Crippen molar-refractivity contribution in [1.29, 1.82) is 0 Å². The van der Waals surface area contributed by atoms with E-state index in [0.29, 0.717) is 5.41 Å². The van der Waals surface area contributed by atoms with E-state index in [-0.39, 0.29) is 24.0 Å². The van der Waals surface area contributed by atoms with Crippen LogP contribution in [0.3, 0.4) is 0 Å². The average Bonchev–Trinajstić information content (AvgIpc) is 2.80. The number of nitrogens with one attached hydrogen (secondary N) is 1. The van der Waals surface area contributed by atoms with Crippen molar-refractivity contribution < 1.29 is 0 Å². The number of guanidine groups is 1. The summed E-state index contributed by atoms with van der Waals surface area (Å²) in [7, 11) is 1.88. The van der Waals surface area contributed by atoms with Crippen LogP contribution in [0.25, 0.3) is 0 Å². The third-order valence-corrected chi connectivity index (χ3v) is 3.96. The van der Waals surface area contributed by atoms with E-state index in [4.69, 9.17) is 0 Å². The first-order valence-corrected chi connectivity index (χ1v) is 7.60. The van der Waals surface area contributed by atoms with E-state index in [9.17, 15) is 0 Å². The van der Waals surface area contributed by atoms with Gasteiger partial charge in [0.2, 0.25) is 0 Å². The number of aryl methyl sites for hydroxylation is 1. The molecule has 0 bridgehead atoms. The summed E-state index contributed by atoms with van der Waals surface area (Å²) in [6.07, 6.45) is 3.51. The Morgan fingerprint density at radius 3 is 2.57 bits per heavy atom. The minimum atomic E-state index is 0. The van der Waals surface area contributed by atoms with Crippen molar-refractivity contribution in [2.24, 2.45) is 10.4 Å². The number of rotatable bonds is 4. The molecule has 0 atom stereocenters. The van der Waals surface area contributed by atoms with Gasteiger partial charge in [0.05, 0.1) is 0 Å². The molecule has 1 heterocycles. The largest absolute Gasteiger partial charge is 0.356 e. The van der Waals surface area contributed by atoms with Crippen LogP contribution in [0.15, 0.2) is 35.3 Å². The second-order valence-corrected chi connectivity index (χ2v) is 6.40. The second kappa shape index (κ2) is 8.61. The van der Waals surface area contributed by atoms with E-state index in [0.717, 1.165) is 38.4 Å². The van der Waals surface area contributed by atoms with Gasteiger partial charge in [-0.25, -0.2) is 0 Å². The lowest BCUT2D eigenvalue weighted by atomic mass is 9.93. The maximum Gasteiger partial charge on any atom is 0.193 e. The van der Waals surface area contributed by atoms with E-state index in [1.807, 2.05) is 7.05 Å². The van der Waals surface area contributed by atoms with E-state index in [1.54, 1.807) is 0 Å². The molecule has 4 heteroatoms. The Kier molecular flexibility index (Phi) is 7.49. The van der Waals surface area contributed by atoms with Gasteiger partial charge in [-0.3, -0.25) is 4.99 Å². The summed E-state index contributed by atoms with van der Waals surface area (Å²) >= 11 is 0. The summed E-state index contributed by atoms with van der Waals surface area (Å²) in [6, 6.07) is 10.7. The van der Waals surface area contributed by atoms with Crippen LogP contribution >= 0.6 is 24.0 Å².